The maximum absolute atomic E-state index is 5.28. The quantitative estimate of drug-likeness (QED) is 0.414. The third-order valence-corrected chi connectivity index (χ3v) is 3.77. The molecule has 0 radical (unpaired) electrons. The molecule has 2 heteroatoms. The number of rotatable bonds is 10. The van der Waals surface area contributed by atoms with Crippen LogP contribution in [0.25, 0.3) is 0 Å². The fraction of sp³-hybridized carbons (Fsp3) is 0.600. The van der Waals surface area contributed by atoms with Crippen LogP contribution in [0.2, 0.25) is 0 Å². The van der Waals surface area contributed by atoms with Gasteiger partial charge in [0.15, 0.2) is 11.5 Å². The van der Waals surface area contributed by atoms with Crippen LogP contribution < -0.4 is 9.47 Å². The molecule has 0 unspecified atom stereocenters. The Labute approximate surface area is 136 Å². The van der Waals surface area contributed by atoms with Gasteiger partial charge in [-0.1, -0.05) is 63.7 Å². The standard InChI is InChI=1S/C20H30O2/c1-4-5-6-7-8-9-10-11-12-13-14-18-15-16-19(21-2)20(17-18)22-3/h15-17H,4-12H2,1-3H3. The van der Waals surface area contributed by atoms with E-state index < -0.39 is 0 Å². The fourth-order valence-corrected chi connectivity index (χ4v) is 2.43. The first-order chi connectivity index (χ1) is 10.8. The van der Waals surface area contributed by atoms with Gasteiger partial charge in [0.1, 0.15) is 0 Å². The molecule has 22 heavy (non-hydrogen) atoms. The highest BCUT2D eigenvalue weighted by atomic mass is 16.5. The monoisotopic (exact) mass is 302 g/mol. The second-order valence-corrected chi connectivity index (χ2v) is 5.60. The van der Waals surface area contributed by atoms with Crippen LogP contribution in [0.3, 0.4) is 0 Å². The predicted molar refractivity (Wildman–Crippen MR) is 93.7 cm³/mol. The van der Waals surface area contributed by atoms with Gasteiger partial charge in [-0.15, -0.1) is 0 Å². The highest BCUT2D eigenvalue weighted by molar-refractivity contribution is 5.48. The lowest BCUT2D eigenvalue weighted by Crippen LogP contribution is -1.90. The SMILES string of the molecule is CCCCCCCCCCC#Cc1ccc(OC)c(OC)c1. The molecule has 0 aromatic heterocycles. The molecule has 0 aliphatic heterocycles. The van der Waals surface area contributed by atoms with E-state index in [0.717, 1.165) is 23.5 Å². The zero-order valence-corrected chi connectivity index (χ0v) is 14.4. The minimum absolute atomic E-state index is 0.737. The topological polar surface area (TPSA) is 18.5 Å². The predicted octanol–water partition coefficient (Wildman–Crippen LogP) is 5.59. The molecule has 0 fully saturated rings. The molecule has 122 valence electrons. The minimum atomic E-state index is 0.737. The maximum Gasteiger partial charge on any atom is 0.161 e. The molecule has 0 bridgehead atoms. The molecular weight excluding hydrogens is 272 g/mol. The van der Waals surface area contributed by atoms with Gasteiger partial charge in [-0.25, -0.2) is 0 Å². The Hall–Kier alpha value is -1.62. The molecule has 2 nitrogen and oxygen atoms in total. The van der Waals surface area contributed by atoms with Gasteiger partial charge in [0.25, 0.3) is 0 Å². The second-order valence-electron chi connectivity index (χ2n) is 5.60. The Morgan fingerprint density at radius 2 is 1.45 bits per heavy atom. The first-order valence-electron chi connectivity index (χ1n) is 8.52. The number of unbranched alkanes of at least 4 members (excludes halogenated alkanes) is 8. The van der Waals surface area contributed by atoms with Gasteiger partial charge in [0, 0.05) is 12.0 Å². The van der Waals surface area contributed by atoms with Gasteiger partial charge in [0.2, 0.25) is 0 Å². The van der Waals surface area contributed by atoms with E-state index in [1.54, 1.807) is 14.2 Å². The Kier molecular flexibility index (Phi) is 10.0. The van der Waals surface area contributed by atoms with Gasteiger partial charge in [-0.3, -0.25) is 0 Å². The Morgan fingerprint density at radius 1 is 0.818 bits per heavy atom. The van der Waals surface area contributed by atoms with Crippen molar-refractivity contribution in [3.8, 4) is 23.3 Å². The van der Waals surface area contributed by atoms with Crippen molar-refractivity contribution in [2.24, 2.45) is 0 Å². The van der Waals surface area contributed by atoms with E-state index in [0.29, 0.717) is 0 Å². The van der Waals surface area contributed by atoms with Gasteiger partial charge in [-0.2, -0.15) is 0 Å². The highest BCUT2D eigenvalue weighted by Crippen LogP contribution is 2.27. The van der Waals surface area contributed by atoms with Gasteiger partial charge >= 0.3 is 0 Å². The van der Waals surface area contributed by atoms with E-state index in [9.17, 15) is 0 Å². The van der Waals surface area contributed by atoms with Crippen molar-refractivity contribution in [2.45, 2.75) is 64.7 Å². The smallest absolute Gasteiger partial charge is 0.161 e. The summed E-state index contributed by atoms with van der Waals surface area (Å²) < 4.78 is 10.5. The normalized spacial score (nSPS) is 9.95. The second kappa shape index (κ2) is 12.0. The van der Waals surface area contributed by atoms with Crippen molar-refractivity contribution in [1.29, 1.82) is 0 Å². The minimum Gasteiger partial charge on any atom is -0.493 e. The number of ether oxygens (including phenoxy) is 2. The van der Waals surface area contributed by atoms with Crippen LogP contribution in [-0.4, -0.2) is 14.2 Å². The van der Waals surface area contributed by atoms with Crippen LogP contribution in [0.4, 0.5) is 0 Å². The summed E-state index contributed by atoms with van der Waals surface area (Å²) in [6.07, 6.45) is 11.7. The van der Waals surface area contributed by atoms with Crippen LogP contribution in [0.15, 0.2) is 18.2 Å². The molecule has 0 saturated heterocycles. The van der Waals surface area contributed by atoms with Crippen molar-refractivity contribution in [1.82, 2.24) is 0 Å². The molecule has 0 atom stereocenters. The average Bonchev–Trinajstić information content (AvgIpc) is 2.56. The number of methoxy groups -OCH3 is 2. The van der Waals surface area contributed by atoms with E-state index in [2.05, 4.69) is 18.8 Å². The van der Waals surface area contributed by atoms with Crippen LogP contribution in [0.1, 0.15) is 70.3 Å². The fourth-order valence-electron chi connectivity index (χ4n) is 2.43. The van der Waals surface area contributed by atoms with Gasteiger partial charge in [0.05, 0.1) is 14.2 Å². The Balaban J connectivity index is 2.22. The van der Waals surface area contributed by atoms with E-state index >= 15 is 0 Å². The van der Waals surface area contributed by atoms with Crippen molar-refractivity contribution >= 4 is 0 Å². The van der Waals surface area contributed by atoms with E-state index in [1.165, 1.54) is 51.4 Å². The number of hydrogen-bond acceptors (Lipinski definition) is 2. The molecule has 1 rings (SSSR count). The van der Waals surface area contributed by atoms with Crippen molar-refractivity contribution in [2.75, 3.05) is 14.2 Å². The van der Waals surface area contributed by atoms with Crippen LogP contribution >= 0.6 is 0 Å². The summed E-state index contributed by atoms with van der Waals surface area (Å²) in [6.45, 7) is 2.26. The zero-order valence-electron chi connectivity index (χ0n) is 14.4. The molecule has 0 N–H and O–H groups in total. The lowest BCUT2D eigenvalue weighted by atomic mass is 10.1. The molecule has 0 aliphatic carbocycles. The summed E-state index contributed by atoms with van der Waals surface area (Å²) in [7, 11) is 3.29. The molecule has 1 aromatic rings. The largest absolute Gasteiger partial charge is 0.493 e. The van der Waals surface area contributed by atoms with Crippen molar-refractivity contribution < 1.29 is 9.47 Å². The van der Waals surface area contributed by atoms with E-state index in [-0.39, 0.29) is 0 Å². The lowest BCUT2D eigenvalue weighted by molar-refractivity contribution is 0.355. The summed E-state index contributed by atoms with van der Waals surface area (Å²) in [6, 6.07) is 5.81. The first-order valence-corrected chi connectivity index (χ1v) is 8.52. The highest BCUT2D eigenvalue weighted by Gasteiger charge is 2.02. The summed E-state index contributed by atoms with van der Waals surface area (Å²) in [5.41, 5.74) is 0.984. The number of benzene rings is 1. The average molecular weight is 302 g/mol. The Morgan fingerprint density at radius 3 is 2.09 bits per heavy atom. The Bertz CT molecular complexity index is 468. The molecule has 0 aliphatic rings. The van der Waals surface area contributed by atoms with E-state index in [4.69, 9.17) is 9.47 Å². The van der Waals surface area contributed by atoms with Crippen LogP contribution in [0, 0.1) is 11.8 Å². The summed E-state index contributed by atoms with van der Waals surface area (Å²) >= 11 is 0. The summed E-state index contributed by atoms with van der Waals surface area (Å²) in [5.74, 6) is 7.94. The zero-order chi connectivity index (χ0) is 16.0. The van der Waals surface area contributed by atoms with Crippen LogP contribution in [-0.2, 0) is 0 Å². The number of hydrogen-bond donors (Lipinski definition) is 0. The van der Waals surface area contributed by atoms with Crippen molar-refractivity contribution in [3.63, 3.8) is 0 Å². The third kappa shape index (κ3) is 7.41. The molecular formula is C20H30O2. The molecule has 0 heterocycles. The molecule has 0 saturated carbocycles. The van der Waals surface area contributed by atoms with Crippen molar-refractivity contribution in [3.05, 3.63) is 23.8 Å². The van der Waals surface area contributed by atoms with Gasteiger partial charge in [-0.05, 0) is 24.6 Å². The lowest BCUT2D eigenvalue weighted by Gasteiger charge is -2.06. The van der Waals surface area contributed by atoms with Crippen LogP contribution in [0.5, 0.6) is 11.5 Å². The summed E-state index contributed by atoms with van der Waals surface area (Å²) in [4.78, 5) is 0. The maximum atomic E-state index is 5.28. The molecule has 0 amide bonds. The van der Waals surface area contributed by atoms with Gasteiger partial charge < -0.3 is 9.47 Å². The molecule has 1 aromatic carbocycles. The molecule has 0 spiro atoms. The third-order valence-electron chi connectivity index (χ3n) is 3.77. The summed E-state index contributed by atoms with van der Waals surface area (Å²) in [5, 5.41) is 0. The van der Waals surface area contributed by atoms with E-state index in [1.807, 2.05) is 18.2 Å². The first kappa shape index (κ1) is 18.4.